The number of alkyl halides is 2. The van der Waals surface area contributed by atoms with Crippen LogP contribution >= 0.6 is 0 Å². The molecule has 1 aliphatic carbocycles. The lowest BCUT2D eigenvalue weighted by molar-refractivity contribution is 0.125. The third kappa shape index (κ3) is 4.53. The number of aryl methyl sites for hydroxylation is 2. The number of rotatable bonds is 7. The Morgan fingerprint density at radius 3 is 2.73 bits per heavy atom. The normalized spacial score (nSPS) is 17.9. The monoisotopic (exact) mass is 412 g/mol. The molecule has 0 radical (unpaired) electrons. The van der Waals surface area contributed by atoms with E-state index >= 15 is 0 Å². The van der Waals surface area contributed by atoms with Gasteiger partial charge in [0.25, 0.3) is 12.0 Å². The number of nitrogens with zero attached hydrogens (tertiary/aromatic N) is 4. The molecule has 0 aromatic carbocycles. The Hall–Kier alpha value is -3.16. The zero-order valence-corrected chi connectivity index (χ0v) is 16.8. The van der Waals surface area contributed by atoms with Gasteiger partial charge in [-0.05, 0) is 43.5 Å². The third-order valence-electron chi connectivity index (χ3n) is 5.19. The Kier molecular flexibility index (Phi) is 5.57. The lowest BCUT2D eigenvalue weighted by Crippen LogP contribution is -2.22. The maximum Gasteiger partial charge on any atom is 0.256 e. The predicted octanol–water partition coefficient (Wildman–Crippen LogP) is 3.76. The van der Waals surface area contributed by atoms with Crippen molar-refractivity contribution in [2.75, 3.05) is 6.61 Å². The van der Waals surface area contributed by atoms with Crippen molar-refractivity contribution >= 4 is 0 Å². The van der Waals surface area contributed by atoms with Gasteiger partial charge >= 0.3 is 0 Å². The van der Waals surface area contributed by atoms with Gasteiger partial charge in [0.2, 0.25) is 5.88 Å². The van der Waals surface area contributed by atoms with Crippen LogP contribution in [0, 0.1) is 19.8 Å². The highest BCUT2D eigenvalue weighted by Crippen LogP contribution is 2.47. The van der Waals surface area contributed by atoms with E-state index in [0.29, 0.717) is 41.3 Å². The average molecular weight is 412 g/mol. The fourth-order valence-electron chi connectivity index (χ4n) is 3.41. The zero-order chi connectivity index (χ0) is 21.3. The summed E-state index contributed by atoms with van der Waals surface area (Å²) in [5.41, 5.74) is 2.78. The molecule has 3 heterocycles. The minimum atomic E-state index is -2.59. The highest BCUT2D eigenvalue weighted by molar-refractivity contribution is 5.67. The van der Waals surface area contributed by atoms with Crippen LogP contribution in [0.3, 0.4) is 0 Å². The Morgan fingerprint density at radius 2 is 2.03 bits per heavy atom. The van der Waals surface area contributed by atoms with Crippen LogP contribution in [0.2, 0.25) is 0 Å². The molecule has 4 rings (SSSR count). The maximum atomic E-state index is 12.6. The van der Waals surface area contributed by atoms with Crippen molar-refractivity contribution < 1.29 is 13.5 Å². The molecule has 30 heavy (non-hydrogen) atoms. The molecule has 1 fully saturated rings. The number of pyridine rings is 2. The van der Waals surface area contributed by atoms with Crippen LogP contribution in [0.15, 0.2) is 47.7 Å². The SMILES string of the molecule is Cc1ccc([C@H]2C[C@@H]2COc2nc(C)ncc2-c2ccn(CC(F)F)c(=O)c2)nc1. The lowest BCUT2D eigenvalue weighted by atomic mass is 10.1. The zero-order valence-electron chi connectivity index (χ0n) is 16.8. The molecule has 2 atom stereocenters. The van der Waals surface area contributed by atoms with Crippen molar-refractivity contribution in [1.29, 1.82) is 0 Å². The minimum absolute atomic E-state index is 0.349. The van der Waals surface area contributed by atoms with E-state index in [2.05, 4.69) is 27.1 Å². The highest BCUT2D eigenvalue weighted by atomic mass is 19.3. The Balaban J connectivity index is 1.50. The van der Waals surface area contributed by atoms with Crippen molar-refractivity contribution in [3.05, 3.63) is 70.3 Å². The summed E-state index contributed by atoms with van der Waals surface area (Å²) in [5.74, 6) is 1.65. The molecular weight excluding hydrogens is 390 g/mol. The quantitative estimate of drug-likeness (QED) is 0.591. The largest absolute Gasteiger partial charge is 0.477 e. The van der Waals surface area contributed by atoms with Crippen LogP contribution in [0.4, 0.5) is 8.78 Å². The molecule has 156 valence electrons. The standard InChI is InChI=1S/C22H22F2N4O2/c1-13-3-4-19(26-9-13)17-7-16(17)12-30-22-18(10-25-14(2)27-22)15-5-6-28(11-20(23)24)21(29)8-15/h3-6,8-10,16-17,20H,7,11-12H2,1-2H3/t16-,17+/m1/s1. The van der Waals surface area contributed by atoms with Gasteiger partial charge in [0.1, 0.15) is 5.82 Å². The first-order chi connectivity index (χ1) is 14.4. The molecule has 0 unspecified atom stereocenters. The summed E-state index contributed by atoms with van der Waals surface area (Å²) in [6.07, 6.45) is 3.22. The Labute approximate surface area is 172 Å². The summed E-state index contributed by atoms with van der Waals surface area (Å²) < 4.78 is 32.1. The molecule has 0 saturated heterocycles. The summed E-state index contributed by atoms with van der Waals surface area (Å²) in [4.78, 5) is 25.2. The van der Waals surface area contributed by atoms with Gasteiger partial charge in [0.05, 0.1) is 18.7 Å². The molecule has 6 nitrogen and oxygen atoms in total. The van der Waals surface area contributed by atoms with E-state index in [1.807, 2.05) is 13.1 Å². The van der Waals surface area contributed by atoms with E-state index in [0.717, 1.165) is 22.2 Å². The number of ether oxygens (including phenoxy) is 1. The van der Waals surface area contributed by atoms with E-state index in [1.54, 1.807) is 19.2 Å². The molecule has 0 spiro atoms. The molecule has 0 amide bonds. The first-order valence-corrected chi connectivity index (χ1v) is 9.78. The van der Waals surface area contributed by atoms with Crippen LogP contribution in [-0.2, 0) is 6.54 Å². The maximum absolute atomic E-state index is 12.6. The number of hydrogen-bond donors (Lipinski definition) is 0. The van der Waals surface area contributed by atoms with Gasteiger partial charge in [-0.15, -0.1) is 0 Å². The smallest absolute Gasteiger partial charge is 0.256 e. The summed E-state index contributed by atoms with van der Waals surface area (Å²) >= 11 is 0. The van der Waals surface area contributed by atoms with E-state index in [9.17, 15) is 13.6 Å². The van der Waals surface area contributed by atoms with Crippen molar-refractivity contribution in [2.24, 2.45) is 5.92 Å². The van der Waals surface area contributed by atoms with E-state index < -0.39 is 18.5 Å². The van der Waals surface area contributed by atoms with Crippen molar-refractivity contribution in [3.8, 4) is 17.0 Å². The van der Waals surface area contributed by atoms with Gasteiger partial charge in [-0.1, -0.05) is 6.07 Å². The number of aromatic nitrogens is 4. The predicted molar refractivity (Wildman–Crippen MR) is 108 cm³/mol. The Bertz CT molecular complexity index is 1100. The molecule has 1 saturated carbocycles. The first-order valence-electron chi connectivity index (χ1n) is 9.78. The van der Waals surface area contributed by atoms with Gasteiger partial charge in [-0.25, -0.2) is 13.8 Å². The molecule has 1 aliphatic rings. The second-order valence-corrected chi connectivity index (χ2v) is 7.61. The van der Waals surface area contributed by atoms with Crippen LogP contribution in [0.5, 0.6) is 5.88 Å². The van der Waals surface area contributed by atoms with E-state index in [4.69, 9.17) is 4.74 Å². The third-order valence-corrected chi connectivity index (χ3v) is 5.19. The van der Waals surface area contributed by atoms with Crippen LogP contribution < -0.4 is 10.3 Å². The van der Waals surface area contributed by atoms with E-state index in [-0.39, 0.29) is 0 Å². The van der Waals surface area contributed by atoms with Crippen molar-refractivity contribution in [1.82, 2.24) is 19.5 Å². The minimum Gasteiger partial charge on any atom is -0.477 e. The average Bonchev–Trinajstić information content (AvgIpc) is 3.48. The van der Waals surface area contributed by atoms with Gasteiger partial charge in [-0.2, -0.15) is 4.98 Å². The molecular formula is C22H22F2N4O2. The first kappa shape index (κ1) is 20.1. The molecule has 0 bridgehead atoms. The van der Waals surface area contributed by atoms with Gasteiger partial charge < -0.3 is 9.30 Å². The topological polar surface area (TPSA) is 69.9 Å². The van der Waals surface area contributed by atoms with Crippen LogP contribution in [0.1, 0.15) is 29.4 Å². The van der Waals surface area contributed by atoms with E-state index in [1.165, 1.54) is 12.3 Å². The number of hydrogen-bond acceptors (Lipinski definition) is 5. The molecule has 3 aromatic rings. The molecule has 8 heteroatoms. The van der Waals surface area contributed by atoms with Gasteiger partial charge in [-0.3, -0.25) is 9.78 Å². The fourth-order valence-corrected chi connectivity index (χ4v) is 3.41. The molecule has 0 aliphatic heterocycles. The van der Waals surface area contributed by atoms with Crippen molar-refractivity contribution in [3.63, 3.8) is 0 Å². The Morgan fingerprint density at radius 1 is 1.20 bits per heavy atom. The highest BCUT2D eigenvalue weighted by Gasteiger charge is 2.40. The lowest BCUT2D eigenvalue weighted by Gasteiger charge is -2.12. The van der Waals surface area contributed by atoms with Crippen LogP contribution in [0.25, 0.3) is 11.1 Å². The van der Waals surface area contributed by atoms with Crippen molar-refractivity contribution in [2.45, 2.75) is 39.2 Å². The summed E-state index contributed by atoms with van der Waals surface area (Å²) in [6.45, 7) is 3.61. The molecule has 3 aromatic heterocycles. The second kappa shape index (κ2) is 8.30. The molecule has 0 N–H and O–H groups in total. The summed E-state index contributed by atoms with van der Waals surface area (Å²) in [6, 6.07) is 7.01. The van der Waals surface area contributed by atoms with Gasteiger partial charge in [0, 0.05) is 42.2 Å². The van der Waals surface area contributed by atoms with Gasteiger partial charge in [0.15, 0.2) is 0 Å². The second-order valence-electron chi connectivity index (χ2n) is 7.61. The number of halogens is 2. The summed E-state index contributed by atoms with van der Waals surface area (Å²) in [5, 5.41) is 0. The fraction of sp³-hybridized carbons (Fsp3) is 0.364. The van der Waals surface area contributed by atoms with Crippen LogP contribution in [-0.4, -0.2) is 32.6 Å². The summed E-state index contributed by atoms with van der Waals surface area (Å²) in [7, 11) is 0.